The number of benzene rings is 1. The zero-order chi connectivity index (χ0) is 37.5. The number of hydrogen-bond donors (Lipinski definition) is 2. The number of amides is 3. The molecule has 272 valence electrons. The number of halogens is 3. The largest absolute Gasteiger partial charge is 0.355 e. The highest BCUT2D eigenvalue weighted by atomic mass is 79.9. The molecular formula is C37H39BrF2N8O4. The molecule has 0 radical (unpaired) electrons. The molecule has 1 unspecified atom stereocenters. The van der Waals surface area contributed by atoms with Crippen LogP contribution < -0.4 is 10.6 Å². The molecule has 1 aromatic carbocycles. The van der Waals surface area contributed by atoms with Gasteiger partial charge in [-0.3, -0.25) is 23.9 Å². The van der Waals surface area contributed by atoms with E-state index in [9.17, 15) is 28.0 Å². The average Bonchev–Trinajstić information content (AvgIpc) is 3.78. The van der Waals surface area contributed by atoms with Crippen LogP contribution in [0, 0.1) is 32.6 Å². The zero-order valence-electron chi connectivity index (χ0n) is 29.3. The van der Waals surface area contributed by atoms with E-state index < -0.39 is 47.6 Å². The Kier molecular flexibility index (Phi) is 10.4. The Balaban J connectivity index is 1.33. The van der Waals surface area contributed by atoms with Crippen LogP contribution in [-0.4, -0.2) is 77.7 Å². The van der Waals surface area contributed by atoms with E-state index in [-0.39, 0.29) is 50.2 Å². The molecule has 0 spiro atoms. The van der Waals surface area contributed by atoms with Crippen LogP contribution in [0.1, 0.15) is 60.0 Å². The van der Waals surface area contributed by atoms with Crippen molar-refractivity contribution in [3.63, 3.8) is 0 Å². The first kappa shape index (κ1) is 36.9. The third-order valence-electron chi connectivity index (χ3n) is 9.94. The first-order valence-corrected chi connectivity index (χ1v) is 17.8. The Bertz CT molecular complexity index is 2090. The maximum Gasteiger partial charge on any atom is 0.259 e. The number of hydrogen-bond acceptors (Lipinski definition) is 8. The molecule has 2 aliphatic rings. The van der Waals surface area contributed by atoms with E-state index in [0.29, 0.717) is 32.7 Å². The quantitative estimate of drug-likeness (QED) is 0.118. The number of fused-ring (bicyclic) bond motifs is 1. The number of nitrogens with one attached hydrogen (secondary N) is 2. The Hall–Kier alpha value is -4.92. The van der Waals surface area contributed by atoms with E-state index in [1.54, 1.807) is 38.4 Å². The number of nitrogens with zero attached hydrogens (tertiary/aromatic N) is 6. The first-order chi connectivity index (χ1) is 24.7. The fraction of sp³-hybridized carbons (Fsp3) is 0.405. The van der Waals surface area contributed by atoms with E-state index in [0.717, 1.165) is 16.7 Å². The number of aryl methyl sites for hydroxylation is 3. The highest BCUT2D eigenvalue weighted by Gasteiger charge is 2.49. The van der Waals surface area contributed by atoms with Crippen molar-refractivity contribution in [2.75, 3.05) is 11.9 Å². The molecule has 2 fully saturated rings. The molecule has 15 heteroatoms. The number of anilines is 1. The molecule has 1 saturated heterocycles. The minimum Gasteiger partial charge on any atom is -0.355 e. The molecule has 4 heterocycles. The third-order valence-corrected chi connectivity index (χ3v) is 10.4. The minimum atomic E-state index is -3.09. The molecule has 1 aliphatic carbocycles. The summed E-state index contributed by atoms with van der Waals surface area (Å²) in [4.78, 5) is 68.5. The molecule has 1 aliphatic heterocycles. The summed E-state index contributed by atoms with van der Waals surface area (Å²) in [6, 6.07) is 5.46. The number of rotatable bonds is 10. The smallest absolute Gasteiger partial charge is 0.259 e. The first-order valence-electron chi connectivity index (χ1n) is 17.0. The van der Waals surface area contributed by atoms with Crippen molar-refractivity contribution in [2.45, 2.75) is 77.9 Å². The molecule has 1 saturated carbocycles. The van der Waals surface area contributed by atoms with E-state index in [1.807, 2.05) is 19.1 Å². The molecule has 3 amide bonds. The number of aromatic nitrogens is 5. The second kappa shape index (κ2) is 14.6. The van der Waals surface area contributed by atoms with Gasteiger partial charge in [0.15, 0.2) is 5.78 Å². The topological polar surface area (TPSA) is 152 Å². The summed E-state index contributed by atoms with van der Waals surface area (Å²) in [5.74, 6) is -6.16. The lowest BCUT2D eigenvalue weighted by atomic mass is 9.97. The van der Waals surface area contributed by atoms with Crippen LogP contribution in [0.3, 0.4) is 0 Å². The summed E-state index contributed by atoms with van der Waals surface area (Å²) in [6.45, 7) is 10.4. The van der Waals surface area contributed by atoms with Crippen LogP contribution in [-0.2, 0) is 20.9 Å². The maximum atomic E-state index is 14.4. The van der Waals surface area contributed by atoms with Crippen LogP contribution in [0.25, 0.3) is 22.0 Å². The number of alkyl halides is 2. The number of Topliss-reactive ketones (excluding diaryl/α,β-unsaturated/α-hetero) is 1. The maximum absolute atomic E-state index is 14.4. The van der Waals surface area contributed by atoms with E-state index in [2.05, 4.69) is 53.2 Å². The molecule has 6 rings (SSSR count). The van der Waals surface area contributed by atoms with Crippen LogP contribution in [0.2, 0.25) is 0 Å². The van der Waals surface area contributed by atoms with Crippen molar-refractivity contribution >= 4 is 56.2 Å². The van der Waals surface area contributed by atoms with Crippen molar-refractivity contribution in [3.05, 3.63) is 76.6 Å². The van der Waals surface area contributed by atoms with Crippen LogP contribution in [0.5, 0.6) is 0 Å². The van der Waals surface area contributed by atoms with Gasteiger partial charge in [0.25, 0.3) is 5.92 Å². The van der Waals surface area contributed by atoms with Gasteiger partial charge in [0.2, 0.25) is 17.7 Å². The number of carbonyl (C=O) groups is 4. The summed E-state index contributed by atoms with van der Waals surface area (Å²) >= 11 is 3.33. The molecule has 12 nitrogen and oxygen atoms in total. The molecule has 4 atom stereocenters. The molecular weight excluding hydrogens is 738 g/mol. The monoisotopic (exact) mass is 776 g/mol. The van der Waals surface area contributed by atoms with Crippen LogP contribution in [0.15, 0.2) is 53.9 Å². The zero-order valence-corrected chi connectivity index (χ0v) is 30.8. The van der Waals surface area contributed by atoms with Crippen molar-refractivity contribution in [1.82, 2.24) is 34.9 Å². The summed E-state index contributed by atoms with van der Waals surface area (Å²) in [5, 5.41) is 10.6. The third kappa shape index (κ3) is 7.23. The Labute approximate surface area is 307 Å². The van der Waals surface area contributed by atoms with E-state index in [1.165, 1.54) is 22.6 Å². The summed E-state index contributed by atoms with van der Waals surface area (Å²) in [6.07, 6.45) is 5.03. The second-order valence-electron chi connectivity index (χ2n) is 13.5. The van der Waals surface area contributed by atoms with Gasteiger partial charge in [-0.25, -0.2) is 23.7 Å². The van der Waals surface area contributed by atoms with Gasteiger partial charge in [-0.05, 0) is 90.9 Å². The van der Waals surface area contributed by atoms with Gasteiger partial charge in [-0.1, -0.05) is 12.1 Å². The lowest BCUT2D eigenvalue weighted by Gasteiger charge is -2.30. The normalized spacial score (nSPS) is 20.9. The van der Waals surface area contributed by atoms with Crippen LogP contribution in [0.4, 0.5) is 14.6 Å². The summed E-state index contributed by atoms with van der Waals surface area (Å²) in [7, 11) is 0. The minimum absolute atomic E-state index is 0.0480. The van der Waals surface area contributed by atoms with E-state index in [4.69, 9.17) is 0 Å². The van der Waals surface area contributed by atoms with Gasteiger partial charge >= 0.3 is 0 Å². The number of ketones is 1. The SMILES string of the molecule is C=C[C@@H]1[C@@H](CNC(=O)C2CCCC2(F)F)C[C@@H](C(=O)Nc2nc(Br)ccc2C)N1C(=O)Cn1nc(C(C)=O)c2cc(-c3cnc(C)nc3)cc(C)c21. The average molecular weight is 778 g/mol. The van der Waals surface area contributed by atoms with Crippen molar-refractivity contribution in [1.29, 1.82) is 0 Å². The molecule has 0 bridgehead atoms. The lowest BCUT2D eigenvalue weighted by molar-refractivity contribution is -0.138. The van der Waals surface area contributed by atoms with Gasteiger partial charge in [0.1, 0.15) is 40.4 Å². The van der Waals surface area contributed by atoms with Crippen molar-refractivity contribution < 1.29 is 28.0 Å². The highest BCUT2D eigenvalue weighted by molar-refractivity contribution is 9.10. The molecule has 3 aromatic heterocycles. The number of carbonyl (C=O) groups excluding carboxylic acids is 4. The Morgan fingerprint density at radius 3 is 2.44 bits per heavy atom. The van der Waals surface area contributed by atoms with Gasteiger partial charge in [0, 0.05) is 49.2 Å². The van der Waals surface area contributed by atoms with E-state index >= 15 is 0 Å². The molecule has 4 aromatic rings. The Morgan fingerprint density at radius 1 is 1.06 bits per heavy atom. The fourth-order valence-corrected chi connectivity index (χ4v) is 7.62. The number of pyridine rings is 1. The summed E-state index contributed by atoms with van der Waals surface area (Å²) in [5.41, 5.74) is 3.72. The van der Waals surface area contributed by atoms with Crippen molar-refractivity contribution in [2.24, 2.45) is 11.8 Å². The molecule has 52 heavy (non-hydrogen) atoms. The van der Waals surface area contributed by atoms with Crippen molar-refractivity contribution in [3.8, 4) is 11.1 Å². The highest BCUT2D eigenvalue weighted by Crippen LogP contribution is 2.41. The predicted molar refractivity (Wildman–Crippen MR) is 194 cm³/mol. The van der Waals surface area contributed by atoms with Gasteiger partial charge < -0.3 is 15.5 Å². The lowest BCUT2D eigenvalue weighted by Crippen LogP contribution is -2.48. The number of likely N-dealkylation sites (tertiary alicyclic amines) is 1. The van der Waals surface area contributed by atoms with Gasteiger partial charge in [-0.2, -0.15) is 5.10 Å². The Morgan fingerprint density at radius 2 is 1.79 bits per heavy atom. The predicted octanol–water partition coefficient (Wildman–Crippen LogP) is 5.74. The summed E-state index contributed by atoms with van der Waals surface area (Å²) < 4.78 is 30.8. The second-order valence-corrected chi connectivity index (χ2v) is 14.4. The van der Waals surface area contributed by atoms with Gasteiger partial charge in [0.05, 0.1) is 11.6 Å². The van der Waals surface area contributed by atoms with Gasteiger partial charge in [-0.15, -0.1) is 6.58 Å². The molecule has 2 N–H and O–H groups in total. The standard InChI is InChI=1S/C37H39BrF2N8O4/c1-6-28-24(15-43-35(51)27-8-7-11-37(27,39)40)14-29(36(52)45-34-19(2)9-10-30(38)44-34)48(28)31(50)18-47-33-20(3)12-23(25-16-41-22(5)42-17-25)13-26(33)32(46-47)21(4)49/h6,9-10,12-13,16-17,24,27-29H,1,7-8,11,14-15,18H2,2-5H3,(H,43,51)(H,44,45,52)/t24-,27?,28-,29+/m1/s1. The van der Waals surface area contributed by atoms with Crippen LogP contribution >= 0.6 is 15.9 Å². The fourth-order valence-electron chi connectivity index (χ4n) is 7.31.